The molecule has 2 aromatic heterocycles. The van der Waals surface area contributed by atoms with E-state index in [0.717, 1.165) is 24.2 Å². The molecule has 0 fully saturated rings. The maximum Gasteiger partial charge on any atom is 0.274 e. The van der Waals surface area contributed by atoms with Crippen LogP contribution in [-0.2, 0) is 6.42 Å². The SMILES string of the molecule is Cc1cccc(NC(=O)c2ccnc(N(C)CCc3ccncc3)n2)c1. The minimum absolute atomic E-state index is 0.248. The Bertz CT molecular complexity index is 882. The first-order valence-corrected chi connectivity index (χ1v) is 8.43. The molecule has 0 unspecified atom stereocenters. The van der Waals surface area contributed by atoms with Crippen molar-refractivity contribution in [2.45, 2.75) is 13.3 Å². The number of anilines is 2. The molecule has 0 aliphatic rings. The molecule has 1 amide bonds. The third-order valence-electron chi connectivity index (χ3n) is 3.98. The van der Waals surface area contributed by atoms with E-state index >= 15 is 0 Å². The Labute approximate surface area is 153 Å². The predicted octanol–water partition coefficient (Wildman–Crippen LogP) is 3.11. The van der Waals surface area contributed by atoms with Gasteiger partial charge in [-0.25, -0.2) is 9.97 Å². The zero-order valence-electron chi connectivity index (χ0n) is 14.9. The van der Waals surface area contributed by atoms with Crippen molar-refractivity contribution < 1.29 is 4.79 Å². The molecule has 1 aromatic carbocycles. The molecule has 3 aromatic rings. The third-order valence-corrected chi connectivity index (χ3v) is 3.98. The number of likely N-dealkylation sites (N-methyl/N-ethyl adjacent to an activating group) is 1. The molecule has 0 saturated carbocycles. The highest BCUT2D eigenvalue weighted by molar-refractivity contribution is 6.03. The Balaban J connectivity index is 1.66. The number of hydrogen-bond donors (Lipinski definition) is 1. The van der Waals surface area contributed by atoms with E-state index in [9.17, 15) is 4.79 Å². The van der Waals surface area contributed by atoms with Crippen LogP contribution in [0.5, 0.6) is 0 Å². The van der Waals surface area contributed by atoms with Crippen LogP contribution in [0.1, 0.15) is 21.6 Å². The summed E-state index contributed by atoms with van der Waals surface area (Å²) in [7, 11) is 1.92. The predicted molar refractivity (Wildman–Crippen MR) is 102 cm³/mol. The number of carbonyl (C=O) groups excluding carboxylic acids is 1. The van der Waals surface area contributed by atoms with Gasteiger partial charge in [0.25, 0.3) is 5.91 Å². The summed E-state index contributed by atoms with van der Waals surface area (Å²) in [5.41, 5.74) is 3.37. The van der Waals surface area contributed by atoms with Gasteiger partial charge in [-0.1, -0.05) is 12.1 Å². The monoisotopic (exact) mass is 347 g/mol. The van der Waals surface area contributed by atoms with Crippen molar-refractivity contribution in [2.75, 3.05) is 23.8 Å². The van der Waals surface area contributed by atoms with E-state index in [-0.39, 0.29) is 5.91 Å². The quantitative estimate of drug-likeness (QED) is 0.742. The average molecular weight is 347 g/mol. The lowest BCUT2D eigenvalue weighted by Gasteiger charge is -2.17. The number of rotatable bonds is 6. The summed E-state index contributed by atoms with van der Waals surface area (Å²) in [6.45, 7) is 2.73. The maximum absolute atomic E-state index is 12.5. The van der Waals surface area contributed by atoms with Crippen molar-refractivity contribution in [2.24, 2.45) is 0 Å². The molecule has 132 valence electrons. The summed E-state index contributed by atoms with van der Waals surface area (Å²) >= 11 is 0. The standard InChI is InChI=1S/C20H21N5O/c1-15-4-3-5-17(14-15)23-19(26)18-8-12-22-20(24-18)25(2)13-9-16-6-10-21-11-7-16/h3-8,10-12,14H,9,13H2,1-2H3,(H,23,26). The summed E-state index contributed by atoms with van der Waals surface area (Å²) < 4.78 is 0. The van der Waals surface area contributed by atoms with E-state index in [2.05, 4.69) is 20.3 Å². The molecule has 0 aliphatic carbocycles. The second kappa shape index (κ2) is 8.20. The second-order valence-electron chi connectivity index (χ2n) is 6.09. The van der Waals surface area contributed by atoms with Crippen molar-refractivity contribution in [3.8, 4) is 0 Å². The van der Waals surface area contributed by atoms with Gasteiger partial charge in [0.2, 0.25) is 5.95 Å². The Morgan fingerprint density at radius 1 is 1.12 bits per heavy atom. The molecule has 26 heavy (non-hydrogen) atoms. The highest BCUT2D eigenvalue weighted by atomic mass is 16.1. The Kier molecular flexibility index (Phi) is 5.53. The summed E-state index contributed by atoms with van der Waals surface area (Å²) in [5, 5.41) is 2.87. The largest absolute Gasteiger partial charge is 0.344 e. The number of nitrogens with one attached hydrogen (secondary N) is 1. The first-order valence-electron chi connectivity index (χ1n) is 8.43. The maximum atomic E-state index is 12.5. The van der Waals surface area contributed by atoms with Crippen molar-refractivity contribution in [1.29, 1.82) is 0 Å². The van der Waals surface area contributed by atoms with Crippen LogP contribution in [0.4, 0.5) is 11.6 Å². The molecule has 0 radical (unpaired) electrons. The molecule has 0 spiro atoms. The molecular formula is C20H21N5O. The molecule has 6 heteroatoms. The van der Waals surface area contributed by atoms with Crippen LogP contribution in [0.2, 0.25) is 0 Å². The lowest BCUT2D eigenvalue weighted by molar-refractivity contribution is 0.102. The van der Waals surface area contributed by atoms with Crippen LogP contribution in [-0.4, -0.2) is 34.5 Å². The molecule has 6 nitrogen and oxygen atoms in total. The fourth-order valence-electron chi connectivity index (χ4n) is 2.52. The molecule has 1 N–H and O–H groups in total. The van der Waals surface area contributed by atoms with Gasteiger partial charge in [0.1, 0.15) is 5.69 Å². The van der Waals surface area contributed by atoms with E-state index in [1.165, 1.54) is 5.56 Å². The first kappa shape index (κ1) is 17.5. The van der Waals surface area contributed by atoms with E-state index in [1.807, 2.05) is 55.3 Å². The van der Waals surface area contributed by atoms with Crippen LogP contribution in [0.3, 0.4) is 0 Å². The Morgan fingerprint density at radius 3 is 2.69 bits per heavy atom. The molecule has 0 atom stereocenters. The number of aryl methyl sites for hydroxylation is 1. The van der Waals surface area contributed by atoms with E-state index < -0.39 is 0 Å². The second-order valence-corrected chi connectivity index (χ2v) is 6.09. The fraction of sp³-hybridized carbons (Fsp3) is 0.200. The number of nitrogens with zero attached hydrogens (tertiary/aromatic N) is 4. The number of amides is 1. The Hall–Kier alpha value is -3.28. The van der Waals surface area contributed by atoms with Gasteiger partial charge in [-0.2, -0.15) is 0 Å². The van der Waals surface area contributed by atoms with Gasteiger partial charge < -0.3 is 10.2 Å². The topological polar surface area (TPSA) is 71.0 Å². The van der Waals surface area contributed by atoms with E-state index in [0.29, 0.717) is 11.6 Å². The van der Waals surface area contributed by atoms with Gasteiger partial charge in [0, 0.05) is 37.9 Å². The van der Waals surface area contributed by atoms with Crippen molar-refractivity contribution in [3.05, 3.63) is 77.9 Å². The molecular weight excluding hydrogens is 326 g/mol. The van der Waals surface area contributed by atoms with Crippen LogP contribution in [0, 0.1) is 6.92 Å². The van der Waals surface area contributed by atoms with Crippen molar-refractivity contribution in [1.82, 2.24) is 15.0 Å². The summed E-state index contributed by atoms with van der Waals surface area (Å²) in [5.74, 6) is 0.276. The average Bonchev–Trinajstić information content (AvgIpc) is 2.67. The van der Waals surface area contributed by atoms with Crippen LogP contribution in [0.25, 0.3) is 0 Å². The summed E-state index contributed by atoms with van der Waals surface area (Å²) in [4.78, 5) is 27.1. The minimum atomic E-state index is -0.248. The van der Waals surface area contributed by atoms with Crippen LogP contribution in [0.15, 0.2) is 61.1 Å². The van der Waals surface area contributed by atoms with E-state index in [4.69, 9.17) is 0 Å². The lowest BCUT2D eigenvalue weighted by atomic mass is 10.2. The van der Waals surface area contributed by atoms with Crippen LogP contribution >= 0.6 is 0 Å². The van der Waals surface area contributed by atoms with Gasteiger partial charge in [-0.3, -0.25) is 9.78 Å². The molecule has 0 aliphatic heterocycles. The number of carbonyl (C=O) groups is 1. The number of pyridine rings is 1. The summed E-state index contributed by atoms with van der Waals surface area (Å²) in [6, 6.07) is 13.3. The zero-order chi connectivity index (χ0) is 18.4. The smallest absolute Gasteiger partial charge is 0.274 e. The first-order chi connectivity index (χ1) is 12.6. The number of benzene rings is 1. The van der Waals surface area contributed by atoms with Gasteiger partial charge in [0.05, 0.1) is 0 Å². The van der Waals surface area contributed by atoms with Crippen molar-refractivity contribution in [3.63, 3.8) is 0 Å². The van der Waals surface area contributed by atoms with Gasteiger partial charge in [-0.15, -0.1) is 0 Å². The molecule has 3 rings (SSSR count). The third kappa shape index (κ3) is 4.63. The minimum Gasteiger partial charge on any atom is -0.344 e. The molecule has 0 saturated heterocycles. The zero-order valence-corrected chi connectivity index (χ0v) is 14.9. The molecule has 2 heterocycles. The summed E-state index contributed by atoms with van der Waals surface area (Å²) in [6.07, 6.45) is 6.02. The highest BCUT2D eigenvalue weighted by Gasteiger charge is 2.11. The fourth-order valence-corrected chi connectivity index (χ4v) is 2.52. The Morgan fingerprint density at radius 2 is 1.92 bits per heavy atom. The van der Waals surface area contributed by atoms with Gasteiger partial charge in [-0.05, 0) is 54.8 Å². The van der Waals surface area contributed by atoms with E-state index in [1.54, 1.807) is 24.7 Å². The number of hydrogen-bond acceptors (Lipinski definition) is 5. The lowest BCUT2D eigenvalue weighted by Crippen LogP contribution is -2.24. The van der Waals surface area contributed by atoms with Crippen LogP contribution < -0.4 is 10.2 Å². The molecule has 0 bridgehead atoms. The number of aromatic nitrogens is 3. The van der Waals surface area contributed by atoms with Gasteiger partial charge >= 0.3 is 0 Å². The normalized spacial score (nSPS) is 10.4. The highest BCUT2D eigenvalue weighted by Crippen LogP contribution is 2.12. The van der Waals surface area contributed by atoms with Gasteiger partial charge in [0.15, 0.2) is 0 Å². The van der Waals surface area contributed by atoms with Crippen molar-refractivity contribution >= 4 is 17.5 Å².